The molecular formula is C11H13NO4. The number of ether oxygens (including phenoxy) is 1. The van der Waals surface area contributed by atoms with Gasteiger partial charge in [-0.3, -0.25) is 14.5 Å². The van der Waals surface area contributed by atoms with Crippen molar-refractivity contribution >= 4 is 17.8 Å². The fraction of sp³-hybridized carbons (Fsp3) is 0.364. The van der Waals surface area contributed by atoms with Crippen molar-refractivity contribution in [2.45, 2.75) is 13.3 Å². The van der Waals surface area contributed by atoms with E-state index in [4.69, 9.17) is 0 Å². The first-order valence-electron chi connectivity index (χ1n) is 5.02. The molecule has 2 amide bonds. The summed E-state index contributed by atoms with van der Waals surface area (Å²) in [5.74, 6) is -1.44. The molecule has 0 aromatic heterocycles. The first-order chi connectivity index (χ1) is 7.65. The predicted molar refractivity (Wildman–Crippen MR) is 56.3 cm³/mol. The third kappa shape index (κ3) is 3.34. The zero-order chi connectivity index (χ0) is 12.0. The monoisotopic (exact) mass is 223 g/mol. The van der Waals surface area contributed by atoms with E-state index in [0.29, 0.717) is 13.0 Å². The molecule has 5 nitrogen and oxygen atoms in total. The zero-order valence-corrected chi connectivity index (χ0v) is 9.01. The molecule has 0 atom stereocenters. The van der Waals surface area contributed by atoms with Crippen LogP contribution < -0.4 is 0 Å². The van der Waals surface area contributed by atoms with Gasteiger partial charge in [0.2, 0.25) is 0 Å². The van der Waals surface area contributed by atoms with Crippen molar-refractivity contribution in [2.75, 3.05) is 13.2 Å². The minimum absolute atomic E-state index is 0.253. The molecule has 0 N–H and O–H groups in total. The second kappa shape index (κ2) is 5.85. The second-order valence-corrected chi connectivity index (χ2v) is 3.10. The van der Waals surface area contributed by atoms with Gasteiger partial charge in [-0.15, -0.1) is 0 Å². The fourth-order valence-corrected chi connectivity index (χ4v) is 1.23. The van der Waals surface area contributed by atoms with E-state index >= 15 is 0 Å². The van der Waals surface area contributed by atoms with Crippen LogP contribution in [0.1, 0.15) is 13.3 Å². The van der Waals surface area contributed by atoms with Crippen molar-refractivity contribution in [3.63, 3.8) is 0 Å². The van der Waals surface area contributed by atoms with Gasteiger partial charge in [0, 0.05) is 18.7 Å². The number of rotatable bonds is 3. The Morgan fingerprint density at radius 1 is 1.50 bits per heavy atom. The predicted octanol–water partition coefficient (Wildman–Crippen LogP) is 0.421. The van der Waals surface area contributed by atoms with Crippen molar-refractivity contribution in [1.82, 2.24) is 4.90 Å². The largest absolute Gasteiger partial charge is 0.463 e. The lowest BCUT2D eigenvalue weighted by atomic mass is 10.2. The Labute approximate surface area is 93.4 Å². The number of nitrogens with zero attached hydrogens (tertiary/aromatic N) is 1. The highest BCUT2D eigenvalue weighted by molar-refractivity contribution is 6.07. The molecule has 0 radical (unpaired) electrons. The Balaban J connectivity index is 2.55. The summed E-state index contributed by atoms with van der Waals surface area (Å²) in [6.45, 7) is 2.27. The molecule has 0 fully saturated rings. The van der Waals surface area contributed by atoms with Crippen LogP contribution in [-0.2, 0) is 19.1 Å². The van der Waals surface area contributed by atoms with Gasteiger partial charge >= 0.3 is 5.97 Å². The number of hydrogen-bond donors (Lipinski definition) is 0. The Hall–Kier alpha value is -1.91. The summed E-state index contributed by atoms with van der Waals surface area (Å²) in [4.78, 5) is 34.8. The summed E-state index contributed by atoms with van der Waals surface area (Å²) in [7, 11) is 0. The third-order valence-corrected chi connectivity index (χ3v) is 1.96. The van der Waals surface area contributed by atoms with Gasteiger partial charge in [-0.2, -0.15) is 0 Å². The SMILES string of the molecule is CCOC(=O)/C=C/C(=O)N1CCC=CC1=O. The molecule has 0 aliphatic carbocycles. The average molecular weight is 223 g/mol. The Morgan fingerprint density at radius 3 is 2.88 bits per heavy atom. The Bertz CT molecular complexity index is 357. The van der Waals surface area contributed by atoms with Crippen LogP contribution in [0.25, 0.3) is 0 Å². The van der Waals surface area contributed by atoms with Gasteiger partial charge < -0.3 is 4.74 Å². The summed E-state index contributed by atoms with van der Waals surface area (Å²) in [5, 5.41) is 0. The Morgan fingerprint density at radius 2 is 2.25 bits per heavy atom. The van der Waals surface area contributed by atoms with Gasteiger partial charge in [-0.05, 0) is 19.4 Å². The average Bonchev–Trinajstić information content (AvgIpc) is 2.27. The lowest BCUT2D eigenvalue weighted by Crippen LogP contribution is -2.37. The van der Waals surface area contributed by atoms with Crippen LogP contribution in [0, 0.1) is 0 Å². The summed E-state index contributed by atoms with van der Waals surface area (Å²) >= 11 is 0. The van der Waals surface area contributed by atoms with Crippen LogP contribution >= 0.6 is 0 Å². The van der Waals surface area contributed by atoms with E-state index in [1.807, 2.05) is 0 Å². The van der Waals surface area contributed by atoms with Crippen molar-refractivity contribution < 1.29 is 19.1 Å². The lowest BCUT2D eigenvalue weighted by Gasteiger charge is -2.19. The molecule has 16 heavy (non-hydrogen) atoms. The van der Waals surface area contributed by atoms with Crippen LogP contribution in [-0.4, -0.2) is 35.8 Å². The van der Waals surface area contributed by atoms with Crippen LogP contribution in [0.2, 0.25) is 0 Å². The normalized spacial score (nSPS) is 15.6. The minimum atomic E-state index is -0.587. The first kappa shape index (κ1) is 12.2. The highest BCUT2D eigenvalue weighted by atomic mass is 16.5. The van der Waals surface area contributed by atoms with Crippen molar-refractivity contribution in [2.24, 2.45) is 0 Å². The van der Waals surface area contributed by atoms with Gasteiger partial charge in [0.15, 0.2) is 0 Å². The smallest absolute Gasteiger partial charge is 0.330 e. The van der Waals surface area contributed by atoms with Gasteiger partial charge in [0.25, 0.3) is 11.8 Å². The van der Waals surface area contributed by atoms with Crippen molar-refractivity contribution in [1.29, 1.82) is 0 Å². The van der Waals surface area contributed by atoms with Crippen molar-refractivity contribution in [3.8, 4) is 0 Å². The van der Waals surface area contributed by atoms with Crippen LogP contribution in [0.5, 0.6) is 0 Å². The summed E-state index contributed by atoms with van der Waals surface area (Å²) < 4.78 is 4.61. The van der Waals surface area contributed by atoms with Crippen molar-refractivity contribution in [3.05, 3.63) is 24.3 Å². The number of hydrogen-bond acceptors (Lipinski definition) is 4. The van der Waals surface area contributed by atoms with E-state index in [1.165, 1.54) is 6.08 Å². The minimum Gasteiger partial charge on any atom is -0.463 e. The molecule has 0 saturated carbocycles. The molecule has 0 spiro atoms. The summed E-state index contributed by atoms with van der Waals surface area (Å²) in [5.41, 5.74) is 0. The number of imide groups is 1. The van der Waals surface area contributed by atoms with E-state index in [9.17, 15) is 14.4 Å². The maximum Gasteiger partial charge on any atom is 0.330 e. The summed E-state index contributed by atoms with van der Waals surface area (Å²) in [6, 6.07) is 0. The van der Waals surface area contributed by atoms with Gasteiger partial charge in [0.05, 0.1) is 6.61 Å². The van der Waals surface area contributed by atoms with Crippen LogP contribution in [0.15, 0.2) is 24.3 Å². The standard InChI is InChI=1S/C11H13NO4/c1-2-16-11(15)7-6-10(14)12-8-4-3-5-9(12)13/h3,5-7H,2,4,8H2,1H3/b7-6+. The molecule has 1 rings (SSSR count). The Kier molecular flexibility index (Phi) is 4.44. The maximum atomic E-state index is 11.5. The number of amides is 2. The molecule has 86 valence electrons. The highest BCUT2D eigenvalue weighted by Crippen LogP contribution is 2.03. The van der Waals surface area contributed by atoms with E-state index < -0.39 is 11.9 Å². The summed E-state index contributed by atoms with van der Waals surface area (Å²) in [6.07, 6.45) is 5.78. The van der Waals surface area contributed by atoms with Gasteiger partial charge in [-0.25, -0.2) is 4.79 Å². The highest BCUT2D eigenvalue weighted by Gasteiger charge is 2.19. The maximum absolute atomic E-state index is 11.5. The van der Waals surface area contributed by atoms with Gasteiger partial charge in [-0.1, -0.05) is 6.08 Å². The van der Waals surface area contributed by atoms with E-state index in [2.05, 4.69) is 4.74 Å². The lowest BCUT2D eigenvalue weighted by molar-refractivity contribution is -0.140. The van der Waals surface area contributed by atoms with Crippen LogP contribution in [0.3, 0.4) is 0 Å². The van der Waals surface area contributed by atoms with E-state index in [-0.39, 0.29) is 12.5 Å². The molecule has 0 aromatic rings. The molecule has 0 bridgehead atoms. The molecule has 0 saturated heterocycles. The third-order valence-electron chi connectivity index (χ3n) is 1.96. The van der Waals surface area contributed by atoms with Crippen LogP contribution in [0.4, 0.5) is 0 Å². The first-order valence-corrected chi connectivity index (χ1v) is 5.02. The molecule has 5 heteroatoms. The molecule has 1 aliphatic heterocycles. The van der Waals surface area contributed by atoms with E-state index in [0.717, 1.165) is 17.1 Å². The molecule has 0 aromatic carbocycles. The second-order valence-electron chi connectivity index (χ2n) is 3.10. The zero-order valence-electron chi connectivity index (χ0n) is 9.01. The molecule has 1 heterocycles. The van der Waals surface area contributed by atoms with E-state index in [1.54, 1.807) is 13.0 Å². The molecule has 1 aliphatic rings. The molecule has 0 unspecified atom stereocenters. The quantitative estimate of drug-likeness (QED) is 0.514. The topological polar surface area (TPSA) is 63.7 Å². The van der Waals surface area contributed by atoms with Gasteiger partial charge in [0.1, 0.15) is 0 Å². The number of esters is 1. The fourth-order valence-electron chi connectivity index (χ4n) is 1.23. The molecular weight excluding hydrogens is 210 g/mol. The number of carbonyl (C=O) groups excluding carboxylic acids is 3. The number of carbonyl (C=O) groups is 3.